The van der Waals surface area contributed by atoms with E-state index in [1.54, 1.807) is 36.7 Å². The summed E-state index contributed by atoms with van der Waals surface area (Å²) in [6, 6.07) is 35.7. The molecule has 0 aliphatic rings. The van der Waals surface area contributed by atoms with Crippen LogP contribution in [0.3, 0.4) is 0 Å². The second kappa shape index (κ2) is 12.5. The van der Waals surface area contributed by atoms with E-state index in [4.69, 9.17) is 6.85 Å². The molecule has 0 aliphatic heterocycles. The molecule has 3 nitrogen and oxygen atoms in total. The van der Waals surface area contributed by atoms with Crippen LogP contribution in [0.5, 0.6) is 0 Å². The fourth-order valence-electron chi connectivity index (χ4n) is 3.03. The number of aryl methyl sites for hydroxylation is 1. The van der Waals surface area contributed by atoms with Crippen molar-refractivity contribution in [1.82, 2.24) is 15.0 Å². The molecule has 0 amide bonds. The number of hydrogen-bond acceptors (Lipinski definition) is 3. The standard InChI is InChI=1S/C18H15N2.C11H8N.Ir/c1-2-16-9-6-10-17(20-16)15-11-12-19-18(13-15)14-7-4-3-5-8-14;1-2-6-10(7-3-1)11-8-4-5-9-12-11;/h3-7,9-13H,2H2,1H3;1-6,8-9H;/q2*-1;/i1D3,2D2;;. The van der Waals surface area contributed by atoms with Crippen molar-refractivity contribution in [3.8, 4) is 33.8 Å². The van der Waals surface area contributed by atoms with Crippen LogP contribution < -0.4 is 0 Å². The minimum absolute atomic E-state index is 0. The van der Waals surface area contributed by atoms with Crippen LogP contribution in [-0.4, -0.2) is 15.0 Å². The van der Waals surface area contributed by atoms with Crippen molar-refractivity contribution in [3.05, 3.63) is 127 Å². The van der Waals surface area contributed by atoms with Crippen LogP contribution in [0.25, 0.3) is 33.8 Å². The van der Waals surface area contributed by atoms with Gasteiger partial charge in [0.05, 0.1) is 5.69 Å². The molecule has 2 aromatic carbocycles. The molecule has 0 N–H and O–H groups in total. The van der Waals surface area contributed by atoms with Gasteiger partial charge in [0.2, 0.25) is 0 Å². The van der Waals surface area contributed by atoms with E-state index in [2.05, 4.69) is 27.1 Å². The third-order valence-electron chi connectivity index (χ3n) is 4.57. The smallest absolute Gasteiger partial charge is 0.0698 e. The second-order valence-electron chi connectivity index (χ2n) is 6.73. The van der Waals surface area contributed by atoms with Crippen LogP contribution in [0.1, 0.15) is 19.4 Å². The Hall–Kier alpha value is -3.46. The molecule has 33 heavy (non-hydrogen) atoms. The number of nitrogens with zero attached hydrogens (tertiary/aromatic N) is 3. The molecule has 0 spiro atoms. The number of hydrogen-bond donors (Lipinski definition) is 0. The first-order valence-electron chi connectivity index (χ1n) is 12.5. The number of benzene rings is 2. The maximum atomic E-state index is 7.88. The molecule has 3 aromatic heterocycles. The number of rotatable bonds is 4. The van der Waals surface area contributed by atoms with Gasteiger partial charge in [-0.2, -0.15) is 0 Å². The third kappa shape index (κ3) is 6.76. The van der Waals surface area contributed by atoms with Crippen molar-refractivity contribution >= 4 is 0 Å². The Bertz CT molecular complexity index is 1390. The first-order chi connectivity index (χ1) is 17.8. The van der Waals surface area contributed by atoms with Gasteiger partial charge in [0, 0.05) is 45.0 Å². The van der Waals surface area contributed by atoms with E-state index in [1.165, 1.54) is 6.07 Å². The third-order valence-corrected chi connectivity index (χ3v) is 4.57. The minimum Gasteiger partial charge on any atom is -0.305 e. The predicted octanol–water partition coefficient (Wildman–Crippen LogP) is 6.72. The van der Waals surface area contributed by atoms with E-state index >= 15 is 0 Å². The Morgan fingerprint density at radius 3 is 2.09 bits per heavy atom. The fraction of sp³-hybridized carbons (Fsp3) is 0.0690. The average Bonchev–Trinajstić information content (AvgIpc) is 2.94. The molecular formula is C29H23IrN3-2. The van der Waals surface area contributed by atoms with Crippen molar-refractivity contribution in [2.45, 2.75) is 13.2 Å². The van der Waals surface area contributed by atoms with Crippen molar-refractivity contribution in [3.63, 3.8) is 0 Å². The zero-order valence-electron chi connectivity index (χ0n) is 22.6. The molecular weight excluding hydrogens is 583 g/mol. The normalized spacial score (nSPS) is 12.9. The van der Waals surface area contributed by atoms with Crippen molar-refractivity contribution < 1.29 is 27.0 Å². The largest absolute Gasteiger partial charge is 0.305 e. The summed E-state index contributed by atoms with van der Waals surface area (Å²) in [5.74, 6) is 0. The predicted molar refractivity (Wildman–Crippen MR) is 130 cm³/mol. The average molecular weight is 611 g/mol. The molecule has 4 heteroatoms. The SMILES string of the molecule is [2H]C([2H])([2H])C([2H])([2H])c1cccc(-c2ccnc(-c3[c-]cccc3)c2)n1.[Ir].[c-]1ccccc1-c1ccccn1. The fourth-order valence-corrected chi connectivity index (χ4v) is 3.03. The first-order valence-corrected chi connectivity index (χ1v) is 10.0. The summed E-state index contributed by atoms with van der Waals surface area (Å²) in [4.78, 5) is 12.8. The number of aromatic nitrogens is 3. The zero-order valence-corrected chi connectivity index (χ0v) is 20.0. The summed E-state index contributed by atoms with van der Waals surface area (Å²) in [6.07, 6.45) is 0.903. The van der Waals surface area contributed by atoms with Gasteiger partial charge in [-0.3, -0.25) is 4.98 Å². The molecule has 5 aromatic rings. The van der Waals surface area contributed by atoms with Gasteiger partial charge in [0.25, 0.3) is 0 Å². The molecule has 0 bridgehead atoms. The number of pyridine rings is 3. The minimum atomic E-state index is -2.79. The zero-order chi connectivity index (χ0) is 26.3. The van der Waals surface area contributed by atoms with Crippen LogP contribution in [0.2, 0.25) is 0 Å². The molecule has 1 radical (unpaired) electrons. The summed E-state index contributed by atoms with van der Waals surface area (Å²) in [5, 5.41) is 0. The van der Waals surface area contributed by atoms with Crippen LogP contribution in [0.4, 0.5) is 0 Å². The van der Waals surface area contributed by atoms with E-state index in [0.717, 1.165) is 22.4 Å². The molecule has 3 heterocycles. The van der Waals surface area contributed by atoms with Crippen LogP contribution in [0.15, 0.2) is 109 Å². The Morgan fingerprint density at radius 1 is 0.727 bits per heavy atom. The summed E-state index contributed by atoms with van der Waals surface area (Å²) in [7, 11) is 0. The quantitative estimate of drug-likeness (QED) is 0.212. The van der Waals surface area contributed by atoms with Gasteiger partial charge in [0.1, 0.15) is 0 Å². The monoisotopic (exact) mass is 611 g/mol. The molecule has 165 valence electrons. The molecule has 0 saturated carbocycles. The summed E-state index contributed by atoms with van der Waals surface area (Å²) in [6.45, 7) is -2.79. The van der Waals surface area contributed by atoms with Crippen LogP contribution in [-0.2, 0) is 26.5 Å². The van der Waals surface area contributed by atoms with E-state index in [-0.39, 0.29) is 25.8 Å². The Kier molecular flexibility index (Phi) is 6.85. The van der Waals surface area contributed by atoms with Crippen molar-refractivity contribution in [2.75, 3.05) is 0 Å². The Balaban J connectivity index is 0.000000258. The van der Waals surface area contributed by atoms with E-state index < -0.39 is 13.2 Å². The molecule has 0 unspecified atom stereocenters. The maximum Gasteiger partial charge on any atom is 0.0698 e. The van der Waals surface area contributed by atoms with Crippen molar-refractivity contribution in [2.24, 2.45) is 0 Å². The molecule has 5 rings (SSSR count). The van der Waals surface area contributed by atoms with Gasteiger partial charge in [-0.1, -0.05) is 31.1 Å². The van der Waals surface area contributed by atoms with Gasteiger partial charge in [-0.25, -0.2) is 0 Å². The van der Waals surface area contributed by atoms with E-state index in [9.17, 15) is 0 Å². The Morgan fingerprint density at radius 2 is 1.42 bits per heavy atom. The van der Waals surface area contributed by atoms with Gasteiger partial charge in [-0.05, 0) is 47.6 Å². The summed E-state index contributed by atoms with van der Waals surface area (Å²) in [5.41, 5.74) is 4.66. The van der Waals surface area contributed by atoms with Crippen LogP contribution in [0, 0.1) is 12.1 Å². The maximum absolute atomic E-state index is 7.88. The van der Waals surface area contributed by atoms with Gasteiger partial charge in [0.15, 0.2) is 0 Å². The van der Waals surface area contributed by atoms with E-state index in [0.29, 0.717) is 11.4 Å². The molecule has 0 aliphatic carbocycles. The summed E-state index contributed by atoms with van der Waals surface area (Å²) >= 11 is 0. The van der Waals surface area contributed by atoms with Gasteiger partial charge < -0.3 is 9.97 Å². The van der Waals surface area contributed by atoms with E-state index in [1.807, 2.05) is 66.7 Å². The molecule has 0 saturated heterocycles. The van der Waals surface area contributed by atoms with Crippen molar-refractivity contribution in [1.29, 1.82) is 0 Å². The van der Waals surface area contributed by atoms with Gasteiger partial charge in [-0.15, -0.1) is 71.8 Å². The van der Waals surface area contributed by atoms with Gasteiger partial charge >= 0.3 is 0 Å². The second-order valence-corrected chi connectivity index (χ2v) is 6.73. The summed E-state index contributed by atoms with van der Waals surface area (Å²) < 4.78 is 38.0. The molecule has 0 fully saturated rings. The van der Waals surface area contributed by atoms with Crippen LogP contribution >= 0.6 is 0 Å². The Labute approximate surface area is 216 Å². The molecule has 0 atom stereocenters. The topological polar surface area (TPSA) is 38.7 Å². The first kappa shape index (κ1) is 18.0.